The highest BCUT2D eigenvalue weighted by Crippen LogP contribution is 2.32. The highest BCUT2D eigenvalue weighted by molar-refractivity contribution is 5.30. The molecule has 2 nitrogen and oxygen atoms in total. The quantitative estimate of drug-likeness (QED) is 0.833. The lowest BCUT2D eigenvalue weighted by Crippen LogP contribution is -2.01. The summed E-state index contributed by atoms with van der Waals surface area (Å²) >= 11 is 0. The molecule has 0 saturated heterocycles. The summed E-state index contributed by atoms with van der Waals surface area (Å²) in [6.07, 6.45) is 2.94. The molecule has 16 heavy (non-hydrogen) atoms. The number of aliphatic hydroxyl groups excluding tert-OH is 1. The number of aliphatic hydroxyl groups is 1. The first-order valence-corrected chi connectivity index (χ1v) is 5.77. The highest BCUT2D eigenvalue weighted by Gasteiger charge is 2.20. The molecular formula is C13H17FO2. The molecule has 1 atom stereocenters. The number of hydrogen-bond acceptors (Lipinski definition) is 2. The summed E-state index contributed by atoms with van der Waals surface area (Å²) in [6, 6.07) is 4.61. The minimum atomic E-state index is -0.644. The zero-order valence-electron chi connectivity index (χ0n) is 9.45. The van der Waals surface area contributed by atoms with Gasteiger partial charge in [-0.2, -0.15) is 0 Å². The van der Waals surface area contributed by atoms with Gasteiger partial charge < -0.3 is 9.84 Å². The van der Waals surface area contributed by atoms with Crippen LogP contribution in [0.3, 0.4) is 0 Å². The van der Waals surface area contributed by atoms with E-state index in [0.717, 1.165) is 12.3 Å². The van der Waals surface area contributed by atoms with Gasteiger partial charge in [0, 0.05) is 0 Å². The van der Waals surface area contributed by atoms with Gasteiger partial charge in [0.15, 0.2) is 11.6 Å². The van der Waals surface area contributed by atoms with Crippen molar-refractivity contribution in [1.82, 2.24) is 0 Å². The van der Waals surface area contributed by atoms with Crippen LogP contribution in [0.2, 0.25) is 0 Å². The summed E-state index contributed by atoms with van der Waals surface area (Å²) in [7, 11) is 0. The Hall–Kier alpha value is -1.09. The van der Waals surface area contributed by atoms with E-state index >= 15 is 0 Å². The van der Waals surface area contributed by atoms with Crippen LogP contribution < -0.4 is 4.74 Å². The van der Waals surface area contributed by atoms with Crippen molar-refractivity contribution in [3.63, 3.8) is 0 Å². The lowest BCUT2D eigenvalue weighted by Gasteiger charge is -2.09. The molecule has 0 heterocycles. The lowest BCUT2D eigenvalue weighted by atomic mass is 10.1. The van der Waals surface area contributed by atoms with Crippen LogP contribution in [0.25, 0.3) is 0 Å². The summed E-state index contributed by atoms with van der Waals surface area (Å²) in [5, 5.41) is 9.29. The number of ether oxygens (including phenoxy) is 1. The fourth-order valence-corrected chi connectivity index (χ4v) is 1.64. The monoisotopic (exact) mass is 224 g/mol. The van der Waals surface area contributed by atoms with Gasteiger partial charge in [-0.15, -0.1) is 0 Å². The summed E-state index contributed by atoms with van der Waals surface area (Å²) in [6.45, 7) is 2.19. The molecule has 0 radical (unpaired) electrons. The van der Waals surface area contributed by atoms with Crippen LogP contribution in [0.1, 0.15) is 37.9 Å². The Labute approximate surface area is 95.1 Å². The zero-order chi connectivity index (χ0) is 11.5. The second-order valence-electron chi connectivity index (χ2n) is 4.45. The molecule has 1 aliphatic carbocycles. The smallest absolute Gasteiger partial charge is 0.165 e. The van der Waals surface area contributed by atoms with Gasteiger partial charge in [0.1, 0.15) is 0 Å². The van der Waals surface area contributed by atoms with Gasteiger partial charge >= 0.3 is 0 Å². The maximum Gasteiger partial charge on any atom is 0.165 e. The maximum atomic E-state index is 13.5. The van der Waals surface area contributed by atoms with Crippen molar-refractivity contribution >= 4 is 0 Å². The molecule has 0 spiro atoms. The Morgan fingerprint density at radius 2 is 2.25 bits per heavy atom. The zero-order valence-corrected chi connectivity index (χ0v) is 9.45. The molecule has 0 aliphatic heterocycles. The molecule has 1 aromatic rings. The Morgan fingerprint density at radius 3 is 2.81 bits per heavy atom. The van der Waals surface area contributed by atoms with Gasteiger partial charge in [0.25, 0.3) is 0 Å². The molecule has 1 N–H and O–H groups in total. The van der Waals surface area contributed by atoms with Crippen LogP contribution in [0.15, 0.2) is 18.2 Å². The van der Waals surface area contributed by atoms with E-state index in [-0.39, 0.29) is 5.75 Å². The summed E-state index contributed by atoms with van der Waals surface area (Å²) < 4.78 is 18.9. The average molecular weight is 224 g/mol. The van der Waals surface area contributed by atoms with Crippen molar-refractivity contribution in [1.29, 1.82) is 0 Å². The van der Waals surface area contributed by atoms with Crippen molar-refractivity contribution in [3.05, 3.63) is 29.6 Å². The van der Waals surface area contributed by atoms with E-state index in [1.54, 1.807) is 19.1 Å². The molecule has 2 rings (SSSR count). The standard InChI is InChI=1S/C13H17FO2/c1-9(15)11-4-5-13(12(14)8-11)16-7-6-10-2-3-10/h4-5,8-10,15H,2-3,6-7H2,1H3/t9-/m0/s1. The van der Waals surface area contributed by atoms with E-state index in [0.29, 0.717) is 12.2 Å². The third kappa shape index (κ3) is 2.95. The molecule has 1 aliphatic rings. The minimum Gasteiger partial charge on any atom is -0.491 e. The molecule has 3 heteroatoms. The molecule has 1 aromatic carbocycles. The van der Waals surface area contributed by atoms with Crippen LogP contribution in [0.4, 0.5) is 4.39 Å². The van der Waals surface area contributed by atoms with E-state index in [1.807, 2.05) is 0 Å². The number of benzene rings is 1. The molecule has 1 fully saturated rings. The van der Waals surface area contributed by atoms with Gasteiger partial charge in [-0.3, -0.25) is 0 Å². The Morgan fingerprint density at radius 1 is 1.50 bits per heavy atom. The van der Waals surface area contributed by atoms with E-state index in [4.69, 9.17) is 4.74 Å². The van der Waals surface area contributed by atoms with Gasteiger partial charge in [0.05, 0.1) is 12.7 Å². The summed E-state index contributed by atoms with van der Waals surface area (Å²) in [4.78, 5) is 0. The van der Waals surface area contributed by atoms with Crippen LogP contribution in [-0.2, 0) is 0 Å². The molecule has 0 unspecified atom stereocenters. The van der Waals surface area contributed by atoms with E-state index < -0.39 is 11.9 Å². The molecule has 0 amide bonds. The topological polar surface area (TPSA) is 29.5 Å². The highest BCUT2D eigenvalue weighted by atomic mass is 19.1. The molecule has 1 saturated carbocycles. The minimum absolute atomic E-state index is 0.282. The molecule has 0 aromatic heterocycles. The molecule has 88 valence electrons. The molecule has 0 bridgehead atoms. The van der Waals surface area contributed by atoms with Gasteiger partial charge in [-0.25, -0.2) is 4.39 Å². The van der Waals surface area contributed by atoms with Crippen LogP contribution in [0.5, 0.6) is 5.75 Å². The van der Waals surface area contributed by atoms with Crippen molar-refractivity contribution in [2.45, 2.75) is 32.3 Å². The summed E-state index contributed by atoms with van der Waals surface area (Å²) in [5.74, 6) is 0.680. The largest absolute Gasteiger partial charge is 0.491 e. The fraction of sp³-hybridized carbons (Fsp3) is 0.538. The van der Waals surface area contributed by atoms with E-state index in [1.165, 1.54) is 18.9 Å². The Kier molecular flexibility index (Phi) is 3.44. The van der Waals surface area contributed by atoms with Crippen LogP contribution >= 0.6 is 0 Å². The van der Waals surface area contributed by atoms with Gasteiger partial charge in [-0.05, 0) is 37.0 Å². The maximum absolute atomic E-state index is 13.5. The van der Waals surface area contributed by atoms with Gasteiger partial charge in [0.2, 0.25) is 0 Å². The first-order chi connectivity index (χ1) is 7.66. The average Bonchev–Trinajstić information content (AvgIpc) is 3.04. The third-order valence-corrected chi connectivity index (χ3v) is 2.92. The van der Waals surface area contributed by atoms with Crippen LogP contribution in [0, 0.1) is 11.7 Å². The van der Waals surface area contributed by atoms with E-state index in [9.17, 15) is 9.50 Å². The number of rotatable bonds is 5. The van der Waals surface area contributed by atoms with E-state index in [2.05, 4.69) is 0 Å². The number of halogens is 1. The first-order valence-electron chi connectivity index (χ1n) is 5.77. The third-order valence-electron chi connectivity index (χ3n) is 2.92. The normalized spacial score (nSPS) is 17.2. The Balaban J connectivity index is 1.92. The Bertz CT molecular complexity index is 359. The fourth-order valence-electron chi connectivity index (χ4n) is 1.64. The van der Waals surface area contributed by atoms with Gasteiger partial charge in [-0.1, -0.05) is 18.9 Å². The second kappa shape index (κ2) is 4.83. The van der Waals surface area contributed by atoms with Crippen molar-refractivity contribution in [2.75, 3.05) is 6.61 Å². The predicted octanol–water partition coefficient (Wildman–Crippen LogP) is 3.06. The van der Waals surface area contributed by atoms with Crippen molar-refractivity contribution in [2.24, 2.45) is 5.92 Å². The lowest BCUT2D eigenvalue weighted by molar-refractivity contribution is 0.198. The van der Waals surface area contributed by atoms with Crippen LogP contribution in [-0.4, -0.2) is 11.7 Å². The molecular weight excluding hydrogens is 207 g/mol. The van der Waals surface area contributed by atoms with Crippen molar-refractivity contribution < 1.29 is 14.2 Å². The predicted molar refractivity (Wildman–Crippen MR) is 59.9 cm³/mol. The first kappa shape index (κ1) is 11.4. The number of hydrogen-bond donors (Lipinski definition) is 1. The summed E-state index contributed by atoms with van der Waals surface area (Å²) in [5.41, 5.74) is 0.576. The van der Waals surface area contributed by atoms with Crippen molar-refractivity contribution in [3.8, 4) is 5.75 Å². The SMILES string of the molecule is C[C@H](O)c1ccc(OCCC2CC2)c(F)c1. The second-order valence-corrected chi connectivity index (χ2v) is 4.45.